The molecule has 7 atom stereocenters. The third kappa shape index (κ3) is 6.87. The lowest BCUT2D eigenvalue weighted by atomic mass is 9.49. The number of rotatable bonds is 7. The summed E-state index contributed by atoms with van der Waals surface area (Å²) in [5, 5.41) is 0.149. The van der Waals surface area contributed by atoms with E-state index in [2.05, 4.69) is 107 Å². The highest BCUT2D eigenvalue weighted by molar-refractivity contribution is 8.14. The Labute approximate surface area is 292 Å². The molecule has 260 valence electrons. The van der Waals surface area contributed by atoms with E-state index in [1.165, 1.54) is 22.9 Å². The van der Waals surface area contributed by atoms with Crippen LogP contribution in [0.5, 0.6) is 5.75 Å². The van der Waals surface area contributed by atoms with Crippen LogP contribution in [0.4, 0.5) is 4.79 Å². The van der Waals surface area contributed by atoms with Crippen LogP contribution in [-0.2, 0) is 8.85 Å². The Morgan fingerprint density at radius 3 is 2.15 bits per heavy atom. The van der Waals surface area contributed by atoms with Gasteiger partial charge in [-0.25, -0.2) is 4.79 Å². The smallest absolute Gasteiger partial charge is 0.373 e. The molecule has 0 bridgehead atoms. The zero-order chi connectivity index (χ0) is 34.8. The van der Waals surface area contributed by atoms with Crippen LogP contribution in [0.25, 0.3) is 0 Å². The predicted molar refractivity (Wildman–Crippen MR) is 204 cm³/mol. The number of allylic oxidation sites excluding steroid dienone is 4. The van der Waals surface area contributed by atoms with E-state index in [1.54, 1.807) is 5.57 Å². The first kappa shape index (κ1) is 36.9. The van der Waals surface area contributed by atoms with Gasteiger partial charge in [-0.3, -0.25) is 0 Å². The number of carbonyl (C=O) groups is 1. The van der Waals surface area contributed by atoms with E-state index in [0.717, 1.165) is 32.1 Å². The molecule has 0 spiro atoms. The summed E-state index contributed by atoms with van der Waals surface area (Å²) in [6.07, 6.45) is 13.0. The summed E-state index contributed by atoms with van der Waals surface area (Å²) in [5.74, 6) is 1.51. The number of thioether (sulfide) groups is 1. The van der Waals surface area contributed by atoms with E-state index in [0.29, 0.717) is 17.6 Å². The Bertz CT molecular complexity index is 1430. The minimum absolute atomic E-state index is 0.0436. The third-order valence-corrected chi connectivity index (χ3v) is 23.3. The van der Waals surface area contributed by atoms with Gasteiger partial charge in [0.2, 0.25) is 0 Å². The van der Waals surface area contributed by atoms with Crippen molar-refractivity contribution >= 4 is 33.7 Å². The van der Waals surface area contributed by atoms with Crippen molar-refractivity contribution in [2.45, 2.75) is 148 Å². The number of para-hydroxylation sites is 1. The van der Waals surface area contributed by atoms with Gasteiger partial charge < -0.3 is 13.6 Å². The lowest BCUT2D eigenvalue weighted by molar-refractivity contribution is -0.0386. The summed E-state index contributed by atoms with van der Waals surface area (Å²) in [5.41, 5.74) is 4.55. The molecule has 7 heteroatoms. The molecule has 4 nitrogen and oxygen atoms in total. The molecule has 47 heavy (non-hydrogen) atoms. The molecule has 2 fully saturated rings. The van der Waals surface area contributed by atoms with Crippen molar-refractivity contribution in [2.24, 2.45) is 22.7 Å². The van der Waals surface area contributed by atoms with Gasteiger partial charge in [0.05, 0.1) is 12.2 Å². The third-order valence-electron chi connectivity index (χ3n) is 13.4. The van der Waals surface area contributed by atoms with E-state index in [-0.39, 0.29) is 43.7 Å². The second-order valence-electron chi connectivity index (χ2n) is 18.3. The van der Waals surface area contributed by atoms with Gasteiger partial charge in [-0.2, -0.15) is 0 Å². The van der Waals surface area contributed by atoms with Crippen molar-refractivity contribution < 1.29 is 18.4 Å². The Balaban J connectivity index is 1.42. The van der Waals surface area contributed by atoms with Crippen molar-refractivity contribution in [1.82, 2.24) is 0 Å². The van der Waals surface area contributed by atoms with Gasteiger partial charge in [-0.15, -0.1) is 0 Å². The number of fused-ring (bicyclic) bond motifs is 5. The van der Waals surface area contributed by atoms with Crippen LogP contribution in [0.1, 0.15) is 94.4 Å². The van der Waals surface area contributed by atoms with E-state index >= 15 is 0 Å². The molecule has 0 saturated heterocycles. The lowest BCUT2D eigenvalue weighted by Gasteiger charge is -2.59. The fourth-order valence-corrected chi connectivity index (χ4v) is 12.2. The second-order valence-corrected chi connectivity index (χ2v) is 29.1. The van der Waals surface area contributed by atoms with Crippen molar-refractivity contribution in [1.29, 1.82) is 0 Å². The van der Waals surface area contributed by atoms with Crippen molar-refractivity contribution in [3.8, 4) is 5.75 Å². The fourth-order valence-electron chi connectivity index (χ4n) is 8.46. The summed E-state index contributed by atoms with van der Waals surface area (Å²) in [6, 6.07) is 9.40. The molecule has 4 aliphatic rings. The molecular weight excluding hydrogens is 633 g/mol. The number of hydrogen-bond donors (Lipinski definition) is 0. The number of carbonyl (C=O) groups excluding carboxylic acids is 1. The molecular formula is C40H62O4SSi2. The van der Waals surface area contributed by atoms with Crippen molar-refractivity contribution in [2.75, 3.05) is 0 Å². The van der Waals surface area contributed by atoms with Crippen LogP contribution < -0.4 is 4.74 Å². The van der Waals surface area contributed by atoms with Crippen LogP contribution in [0.3, 0.4) is 0 Å². The average Bonchev–Trinajstić information content (AvgIpc) is 3.30. The summed E-state index contributed by atoms with van der Waals surface area (Å²) in [6.45, 7) is 31.0. The standard InChI is InChI=1S/C40H62O4SSi2/c1-27(45-36(41)42-29-17-15-14-16-18-29)32-21-22-33-31-20-19-28-25-30(43-46(10,11)37(2,3)4)26-35(44-47(12,13)38(5,6)7)40(28,9)34(31)23-24-39(32,33)8/h14-21,27,30,33-35H,22-26H2,1-13H3/t27-,30+,33?,34?,35-,39+,40-/m0/s1. The summed E-state index contributed by atoms with van der Waals surface area (Å²) < 4.78 is 20.3. The number of ether oxygens (including phenoxy) is 1. The Kier molecular flexibility index (Phi) is 10.00. The van der Waals surface area contributed by atoms with Crippen LogP contribution in [0.2, 0.25) is 36.3 Å². The van der Waals surface area contributed by atoms with E-state index in [4.69, 9.17) is 13.6 Å². The molecule has 0 amide bonds. The van der Waals surface area contributed by atoms with Crippen LogP contribution in [0.15, 0.2) is 65.3 Å². The van der Waals surface area contributed by atoms with E-state index < -0.39 is 16.6 Å². The Hall–Kier alpha value is -1.39. The first-order valence-corrected chi connectivity index (χ1v) is 24.7. The first-order valence-electron chi connectivity index (χ1n) is 18.0. The minimum atomic E-state index is -2.06. The SMILES string of the molecule is C[C@H](SC(=O)Oc1ccccc1)C1=CCC2C3=CC=C4C[C@@H](O[Si](C)(C)C(C)(C)C)C[C@H](O[Si](C)(C)C(C)(C)C)[C@]4(C)C3CC[C@]12C. The average molecular weight is 695 g/mol. The highest BCUT2D eigenvalue weighted by Gasteiger charge is 2.59. The highest BCUT2D eigenvalue weighted by atomic mass is 32.2. The number of benzene rings is 1. The first-order chi connectivity index (χ1) is 21.6. The summed E-state index contributed by atoms with van der Waals surface area (Å²) in [7, 11) is -4.00. The second kappa shape index (κ2) is 12.7. The predicted octanol–water partition coefficient (Wildman–Crippen LogP) is 12.1. The minimum Gasteiger partial charge on any atom is -0.418 e. The lowest BCUT2D eigenvalue weighted by Crippen LogP contribution is -2.58. The summed E-state index contributed by atoms with van der Waals surface area (Å²) in [4.78, 5) is 12.9. The van der Waals surface area contributed by atoms with Gasteiger partial charge in [0.1, 0.15) is 5.75 Å². The maximum atomic E-state index is 12.9. The van der Waals surface area contributed by atoms with Gasteiger partial charge in [-0.1, -0.05) is 109 Å². The monoisotopic (exact) mass is 694 g/mol. The molecule has 0 aliphatic heterocycles. The zero-order valence-electron chi connectivity index (χ0n) is 31.6. The van der Waals surface area contributed by atoms with Gasteiger partial charge in [-0.05, 0) is 116 Å². The molecule has 2 unspecified atom stereocenters. The van der Waals surface area contributed by atoms with Gasteiger partial charge >= 0.3 is 5.30 Å². The Morgan fingerprint density at radius 2 is 1.53 bits per heavy atom. The zero-order valence-corrected chi connectivity index (χ0v) is 34.4. The molecule has 2 saturated carbocycles. The molecule has 0 heterocycles. The summed E-state index contributed by atoms with van der Waals surface area (Å²) >= 11 is 1.32. The largest absolute Gasteiger partial charge is 0.418 e. The van der Waals surface area contributed by atoms with Crippen LogP contribution >= 0.6 is 11.8 Å². The maximum Gasteiger partial charge on any atom is 0.373 e. The molecule has 0 aromatic heterocycles. The normalized spacial score (nSPS) is 31.9. The van der Waals surface area contributed by atoms with Crippen LogP contribution in [-0.4, -0.2) is 39.4 Å². The van der Waals surface area contributed by atoms with Gasteiger partial charge in [0.25, 0.3) is 0 Å². The number of hydrogen-bond acceptors (Lipinski definition) is 5. The quantitative estimate of drug-likeness (QED) is 0.161. The fraction of sp³-hybridized carbons (Fsp3) is 0.675. The molecule has 0 N–H and O–H groups in total. The maximum absolute atomic E-state index is 12.9. The van der Waals surface area contributed by atoms with Crippen molar-refractivity contribution in [3.63, 3.8) is 0 Å². The molecule has 1 aromatic carbocycles. The molecule has 1 aromatic rings. The van der Waals surface area contributed by atoms with E-state index in [9.17, 15) is 4.79 Å². The Morgan fingerprint density at radius 1 is 0.915 bits per heavy atom. The van der Waals surface area contributed by atoms with Crippen molar-refractivity contribution in [3.05, 3.63) is 65.3 Å². The van der Waals surface area contributed by atoms with Gasteiger partial charge in [0.15, 0.2) is 16.6 Å². The highest BCUT2D eigenvalue weighted by Crippen LogP contribution is 2.65. The molecule has 5 rings (SSSR count). The molecule has 0 radical (unpaired) electrons. The van der Waals surface area contributed by atoms with E-state index in [1.807, 2.05) is 30.3 Å². The van der Waals surface area contributed by atoms with Crippen LogP contribution in [0, 0.1) is 22.7 Å². The topological polar surface area (TPSA) is 44.8 Å². The van der Waals surface area contributed by atoms with Gasteiger partial charge in [0, 0.05) is 10.7 Å². The molecule has 4 aliphatic carbocycles.